The summed E-state index contributed by atoms with van der Waals surface area (Å²) in [6, 6.07) is 11.8. The van der Waals surface area contributed by atoms with Crippen molar-refractivity contribution in [3.8, 4) is 5.75 Å². The lowest BCUT2D eigenvalue weighted by Gasteiger charge is -2.15. The number of nitrogens with zero attached hydrogens (tertiary/aromatic N) is 2. The minimum absolute atomic E-state index is 0. The number of guanidine groups is 1. The number of rotatable bonds is 9. The number of halogens is 1. The molecular weight excluding hydrogens is 499 g/mol. The molecule has 0 amide bonds. The number of ether oxygens (including phenoxy) is 1. The van der Waals surface area contributed by atoms with E-state index in [9.17, 15) is 0 Å². The molecule has 29 heavy (non-hydrogen) atoms. The van der Waals surface area contributed by atoms with Gasteiger partial charge in [0.1, 0.15) is 11.5 Å². The summed E-state index contributed by atoms with van der Waals surface area (Å²) < 4.78 is 10.6. The van der Waals surface area contributed by atoms with Gasteiger partial charge in [0.25, 0.3) is 0 Å². The summed E-state index contributed by atoms with van der Waals surface area (Å²) >= 11 is 1.68. The quantitative estimate of drug-likeness (QED) is 0.245. The Morgan fingerprint density at radius 2 is 2.07 bits per heavy atom. The van der Waals surface area contributed by atoms with Crippen molar-refractivity contribution in [2.45, 2.75) is 25.8 Å². The normalized spacial score (nSPS) is 12.1. The highest BCUT2D eigenvalue weighted by Crippen LogP contribution is 2.16. The number of furan rings is 1. The van der Waals surface area contributed by atoms with Crippen molar-refractivity contribution in [1.82, 2.24) is 15.6 Å². The Bertz CT molecular complexity index is 836. The molecule has 6 nitrogen and oxygen atoms in total. The number of benzene rings is 1. The van der Waals surface area contributed by atoms with Gasteiger partial charge in [0.15, 0.2) is 5.96 Å². The molecule has 8 heteroatoms. The zero-order chi connectivity index (χ0) is 19.6. The number of aliphatic imine (C=N–C) groups is 1. The van der Waals surface area contributed by atoms with Gasteiger partial charge in [-0.05, 0) is 29.8 Å². The van der Waals surface area contributed by atoms with Gasteiger partial charge < -0.3 is 19.8 Å². The first-order valence-electron chi connectivity index (χ1n) is 9.31. The third-order valence-corrected chi connectivity index (χ3v) is 5.28. The molecule has 1 atom stereocenters. The van der Waals surface area contributed by atoms with E-state index in [0.29, 0.717) is 12.5 Å². The molecule has 0 aliphatic heterocycles. The molecule has 0 saturated carbocycles. The van der Waals surface area contributed by atoms with Crippen LogP contribution in [0.1, 0.15) is 29.2 Å². The molecule has 3 rings (SSSR count). The van der Waals surface area contributed by atoms with Gasteiger partial charge in [-0.25, -0.2) is 9.98 Å². The highest BCUT2D eigenvalue weighted by Gasteiger charge is 2.09. The van der Waals surface area contributed by atoms with Crippen LogP contribution >= 0.6 is 35.3 Å². The van der Waals surface area contributed by atoms with Gasteiger partial charge >= 0.3 is 0 Å². The molecule has 2 aromatic heterocycles. The average Bonchev–Trinajstić information content (AvgIpc) is 3.44. The molecule has 2 N–H and O–H groups in total. The lowest BCUT2D eigenvalue weighted by Crippen LogP contribution is -2.40. The van der Waals surface area contributed by atoms with Crippen molar-refractivity contribution in [3.05, 3.63) is 70.6 Å². The van der Waals surface area contributed by atoms with Gasteiger partial charge in [0.2, 0.25) is 0 Å². The molecule has 0 aliphatic carbocycles. The van der Waals surface area contributed by atoms with E-state index in [1.165, 1.54) is 0 Å². The third kappa shape index (κ3) is 7.69. The van der Waals surface area contributed by atoms with E-state index in [-0.39, 0.29) is 24.0 Å². The van der Waals surface area contributed by atoms with E-state index in [4.69, 9.17) is 14.1 Å². The molecule has 156 valence electrons. The summed E-state index contributed by atoms with van der Waals surface area (Å²) in [6.07, 6.45) is 4.34. The first-order valence-corrected chi connectivity index (χ1v) is 10.2. The van der Waals surface area contributed by atoms with Crippen molar-refractivity contribution in [2.24, 2.45) is 4.99 Å². The first kappa shape index (κ1) is 23.2. The summed E-state index contributed by atoms with van der Waals surface area (Å²) in [5.74, 6) is 2.90. The Balaban J connectivity index is 0.00000300. The Labute approximate surface area is 192 Å². The Morgan fingerprint density at radius 1 is 1.24 bits per heavy atom. The zero-order valence-electron chi connectivity index (χ0n) is 16.6. The number of thiazole rings is 1. The van der Waals surface area contributed by atoms with E-state index in [2.05, 4.69) is 22.5 Å². The molecule has 1 aromatic carbocycles. The predicted octanol–water partition coefficient (Wildman–Crippen LogP) is 4.44. The van der Waals surface area contributed by atoms with Crippen LogP contribution in [-0.4, -0.2) is 31.1 Å². The van der Waals surface area contributed by atoms with Crippen molar-refractivity contribution < 1.29 is 9.15 Å². The molecule has 1 unspecified atom stereocenters. The molecule has 0 aliphatic rings. The maximum atomic E-state index is 5.39. The van der Waals surface area contributed by atoms with Crippen LogP contribution in [0.25, 0.3) is 0 Å². The highest BCUT2D eigenvalue weighted by atomic mass is 127. The minimum atomic E-state index is 0. The fraction of sp³-hybridized carbons (Fsp3) is 0.333. The Morgan fingerprint density at radius 3 is 2.72 bits per heavy atom. The first-order chi connectivity index (χ1) is 13.7. The van der Waals surface area contributed by atoms with Crippen molar-refractivity contribution in [2.75, 3.05) is 20.2 Å². The van der Waals surface area contributed by atoms with Crippen LogP contribution < -0.4 is 15.4 Å². The fourth-order valence-electron chi connectivity index (χ4n) is 2.65. The van der Waals surface area contributed by atoms with Gasteiger partial charge in [-0.1, -0.05) is 19.1 Å². The van der Waals surface area contributed by atoms with E-state index < -0.39 is 0 Å². The van der Waals surface area contributed by atoms with E-state index in [0.717, 1.165) is 47.6 Å². The van der Waals surface area contributed by atoms with E-state index in [1.807, 2.05) is 48.0 Å². The lowest BCUT2D eigenvalue weighted by molar-refractivity contribution is 0.414. The number of hydrogen-bond donors (Lipinski definition) is 2. The molecule has 0 fully saturated rings. The molecular formula is C21H27IN4O2S. The molecule has 0 saturated heterocycles. The minimum Gasteiger partial charge on any atom is -0.497 e. The highest BCUT2D eigenvalue weighted by molar-refractivity contribution is 14.0. The summed E-state index contributed by atoms with van der Waals surface area (Å²) in [5.41, 5.74) is 1.13. The third-order valence-electron chi connectivity index (χ3n) is 4.27. The summed E-state index contributed by atoms with van der Waals surface area (Å²) in [4.78, 5) is 9.12. The van der Waals surface area contributed by atoms with Gasteiger partial charge in [0.05, 0.1) is 24.9 Å². The molecule has 0 spiro atoms. The second-order valence-corrected chi connectivity index (χ2v) is 7.35. The monoisotopic (exact) mass is 526 g/mol. The van der Waals surface area contributed by atoms with Crippen molar-refractivity contribution >= 4 is 41.3 Å². The van der Waals surface area contributed by atoms with Crippen LogP contribution in [0.15, 0.2) is 63.6 Å². The largest absolute Gasteiger partial charge is 0.497 e. The van der Waals surface area contributed by atoms with Gasteiger partial charge in [-0.2, -0.15) is 0 Å². The lowest BCUT2D eigenvalue weighted by atomic mass is 10.2. The zero-order valence-corrected chi connectivity index (χ0v) is 19.8. The van der Waals surface area contributed by atoms with Gasteiger partial charge in [0, 0.05) is 37.0 Å². The second kappa shape index (κ2) is 12.5. The second-order valence-electron chi connectivity index (χ2n) is 6.42. The Kier molecular flexibility index (Phi) is 9.99. The SMILES string of the molecule is COc1ccc(CN=C(NCCc2ccco2)NCC(C)c2nccs2)cc1.I. The van der Waals surface area contributed by atoms with E-state index >= 15 is 0 Å². The Hall–Kier alpha value is -2.07. The number of nitrogens with one attached hydrogen (secondary N) is 2. The number of aromatic nitrogens is 1. The molecule has 0 bridgehead atoms. The van der Waals surface area contributed by atoms with Crippen molar-refractivity contribution in [3.63, 3.8) is 0 Å². The topological polar surface area (TPSA) is 71.7 Å². The summed E-state index contributed by atoms with van der Waals surface area (Å²) in [5, 5.41) is 9.95. The van der Waals surface area contributed by atoms with E-state index in [1.54, 1.807) is 24.7 Å². The summed E-state index contributed by atoms with van der Waals surface area (Å²) in [6.45, 7) is 4.26. The maximum Gasteiger partial charge on any atom is 0.191 e. The van der Waals surface area contributed by atoms with Crippen LogP contribution in [-0.2, 0) is 13.0 Å². The molecule has 2 heterocycles. The predicted molar refractivity (Wildman–Crippen MR) is 128 cm³/mol. The summed E-state index contributed by atoms with van der Waals surface area (Å²) in [7, 11) is 1.67. The number of methoxy groups -OCH3 is 1. The average molecular weight is 526 g/mol. The molecule has 0 radical (unpaired) electrons. The number of hydrogen-bond acceptors (Lipinski definition) is 5. The van der Waals surface area contributed by atoms with Gasteiger partial charge in [-0.3, -0.25) is 0 Å². The molecule has 3 aromatic rings. The standard InChI is InChI=1S/C21H26N4O2S.HI/c1-16(20-22-11-13-28-20)14-24-21(23-10-9-19-4-3-12-27-19)25-15-17-5-7-18(26-2)8-6-17;/h3-8,11-13,16H,9-10,14-15H2,1-2H3,(H2,23,24,25);1H. The smallest absolute Gasteiger partial charge is 0.191 e. The van der Waals surface area contributed by atoms with Crippen LogP contribution in [0, 0.1) is 0 Å². The van der Waals surface area contributed by atoms with Crippen LogP contribution in [0.5, 0.6) is 5.75 Å². The van der Waals surface area contributed by atoms with Crippen LogP contribution in [0.2, 0.25) is 0 Å². The van der Waals surface area contributed by atoms with Gasteiger partial charge in [-0.15, -0.1) is 35.3 Å². The van der Waals surface area contributed by atoms with Crippen LogP contribution in [0.3, 0.4) is 0 Å². The van der Waals surface area contributed by atoms with Crippen LogP contribution in [0.4, 0.5) is 0 Å². The fourth-order valence-corrected chi connectivity index (χ4v) is 3.35. The maximum absolute atomic E-state index is 5.39. The van der Waals surface area contributed by atoms with Crippen molar-refractivity contribution in [1.29, 1.82) is 0 Å².